The van der Waals surface area contributed by atoms with E-state index in [9.17, 15) is 24.0 Å². The smallest absolute Gasteiger partial charge is 0.303 e. The van der Waals surface area contributed by atoms with Crippen LogP contribution in [0.5, 0.6) is 5.75 Å². The molecule has 1 unspecified atom stereocenters. The lowest BCUT2D eigenvalue weighted by molar-refractivity contribution is -0.288. The van der Waals surface area contributed by atoms with Crippen molar-refractivity contribution in [1.82, 2.24) is 0 Å². The van der Waals surface area contributed by atoms with Gasteiger partial charge < -0.3 is 33.7 Å². The molecule has 1 saturated heterocycles. The van der Waals surface area contributed by atoms with Gasteiger partial charge in [0, 0.05) is 33.1 Å². The molecule has 0 radical (unpaired) electrons. The van der Waals surface area contributed by atoms with Crippen LogP contribution in [0.4, 0.5) is 5.69 Å². The summed E-state index contributed by atoms with van der Waals surface area (Å²) in [6.45, 7) is -0.628. The molecular weight excluding hydrogens is 466 g/mol. The van der Waals surface area contributed by atoms with E-state index in [2.05, 4.69) is 11.9 Å². The summed E-state index contributed by atoms with van der Waals surface area (Å²) >= 11 is 0. The number of hydrogen-bond acceptors (Lipinski definition) is 11. The van der Waals surface area contributed by atoms with Crippen molar-refractivity contribution in [3.05, 3.63) is 36.9 Å². The van der Waals surface area contributed by atoms with Crippen molar-refractivity contribution in [2.75, 3.05) is 11.9 Å². The van der Waals surface area contributed by atoms with Gasteiger partial charge in [-0.05, 0) is 18.2 Å². The fourth-order valence-electron chi connectivity index (χ4n) is 3.12. The summed E-state index contributed by atoms with van der Waals surface area (Å²) in [6.07, 6.45) is -7.14. The van der Waals surface area contributed by atoms with Gasteiger partial charge in [-0.2, -0.15) is 0 Å². The number of benzene rings is 1. The molecule has 0 aliphatic carbocycles. The van der Waals surface area contributed by atoms with Crippen LogP contribution in [0.2, 0.25) is 0 Å². The van der Waals surface area contributed by atoms with Crippen LogP contribution in [0.1, 0.15) is 33.1 Å². The van der Waals surface area contributed by atoms with Crippen molar-refractivity contribution in [1.29, 1.82) is 0 Å². The van der Waals surface area contributed by atoms with Gasteiger partial charge in [0.05, 0.1) is 5.69 Å². The van der Waals surface area contributed by atoms with Crippen molar-refractivity contribution in [2.45, 2.75) is 58.3 Å². The molecule has 0 aromatic heterocycles. The van der Waals surface area contributed by atoms with E-state index in [1.807, 2.05) is 0 Å². The lowest BCUT2D eigenvalue weighted by Gasteiger charge is -2.44. The van der Waals surface area contributed by atoms with Gasteiger partial charge in [0.25, 0.3) is 0 Å². The van der Waals surface area contributed by atoms with Crippen molar-refractivity contribution < 1.29 is 57.9 Å². The zero-order chi connectivity index (χ0) is 28.9. The van der Waals surface area contributed by atoms with Crippen LogP contribution in [0.3, 0.4) is 0 Å². The highest BCUT2D eigenvalue weighted by Crippen LogP contribution is 2.33. The monoisotopic (exact) mass is 497 g/mol. The van der Waals surface area contributed by atoms with Gasteiger partial charge in [0.1, 0.15) is 18.5 Å². The molecule has 1 aliphatic rings. The Hall–Kier alpha value is -3.93. The predicted octanol–water partition coefficient (Wildman–Crippen LogP) is 1.27. The first-order valence-electron chi connectivity index (χ1n) is 12.8. The second-order valence-electron chi connectivity index (χ2n) is 6.90. The zero-order valence-corrected chi connectivity index (χ0v) is 18.5. The first-order chi connectivity index (χ1) is 18.7. The van der Waals surface area contributed by atoms with E-state index in [1.54, 1.807) is 6.07 Å². The SMILES string of the molecule is [2H]CC(=O)OC[C@H]1OC(Oc2ccccc2NC(=O)C=C)[C@@H](OC(=O)C[2H])[C@@H](OC(=O)C[2H])[C@@H]1OC(=O)C[2H]. The van der Waals surface area contributed by atoms with Crippen LogP contribution in [0.15, 0.2) is 36.9 Å². The van der Waals surface area contributed by atoms with E-state index in [4.69, 9.17) is 33.9 Å². The predicted molar refractivity (Wildman–Crippen MR) is 118 cm³/mol. The Balaban J connectivity index is 2.57. The molecule has 1 amide bonds. The normalized spacial score (nSPS) is 24.7. The minimum Gasteiger partial charge on any atom is -0.463 e. The first-order valence-corrected chi connectivity index (χ1v) is 9.92. The van der Waals surface area contributed by atoms with E-state index in [-0.39, 0.29) is 11.4 Å². The first kappa shape index (κ1) is 21.6. The number of nitrogens with one attached hydrogen (secondary N) is 1. The summed E-state index contributed by atoms with van der Waals surface area (Å²) in [4.78, 5) is 59.9. The molecule has 1 heterocycles. The van der Waals surface area contributed by atoms with E-state index in [0.29, 0.717) is 0 Å². The van der Waals surface area contributed by atoms with E-state index in [1.165, 1.54) is 18.2 Å². The highest BCUT2D eigenvalue weighted by Gasteiger charge is 2.53. The molecule has 1 aliphatic heterocycles. The molecule has 1 aromatic carbocycles. The maximum Gasteiger partial charge on any atom is 0.303 e. The topological polar surface area (TPSA) is 153 Å². The van der Waals surface area contributed by atoms with Gasteiger partial charge >= 0.3 is 23.9 Å². The summed E-state index contributed by atoms with van der Waals surface area (Å²) in [5, 5.41) is 2.50. The summed E-state index contributed by atoms with van der Waals surface area (Å²) in [5.41, 5.74) is 0.135. The second-order valence-corrected chi connectivity index (χ2v) is 6.90. The number of esters is 4. The van der Waals surface area contributed by atoms with Crippen LogP contribution in [-0.4, -0.2) is 67.1 Å². The number of carbonyl (C=O) groups is 5. The third-order valence-corrected chi connectivity index (χ3v) is 4.38. The van der Waals surface area contributed by atoms with Crippen LogP contribution < -0.4 is 10.1 Å². The quantitative estimate of drug-likeness (QED) is 0.298. The molecule has 12 nitrogen and oxygen atoms in total. The average molecular weight is 497 g/mol. The molecule has 1 fully saturated rings. The number of para-hydroxylation sites is 2. The highest BCUT2D eigenvalue weighted by molar-refractivity contribution is 5.99. The summed E-state index contributed by atoms with van der Waals surface area (Å²) in [7, 11) is 0. The van der Waals surface area contributed by atoms with Crippen LogP contribution in [0.25, 0.3) is 0 Å². The maximum atomic E-state index is 12.2. The fraction of sp³-hybridized carbons (Fsp3) is 0.435. The van der Waals surface area contributed by atoms with E-state index < -0.39 is 94.7 Å². The summed E-state index contributed by atoms with van der Waals surface area (Å²) in [6, 6.07) is 5.99. The molecule has 5 atom stereocenters. The third kappa shape index (κ3) is 8.10. The van der Waals surface area contributed by atoms with Crippen molar-refractivity contribution in [2.24, 2.45) is 0 Å². The Morgan fingerprint density at radius 1 is 0.943 bits per heavy atom. The molecule has 190 valence electrons. The molecule has 0 bridgehead atoms. The number of rotatable bonds is 9. The van der Waals surface area contributed by atoms with Gasteiger partial charge in [0.15, 0.2) is 12.2 Å². The largest absolute Gasteiger partial charge is 0.463 e. The minimum absolute atomic E-state index is 0.0151. The number of anilines is 1. The van der Waals surface area contributed by atoms with E-state index >= 15 is 0 Å². The molecule has 0 saturated carbocycles. The Kier molecular flexibility index (Phi) is 7.72. The molecular formula is C23H27NO11. The number of amides is 1. The van der Waals surface area contributed by atoms with Gasteiger partial charge in [0.2, 0.25) is 18.3 Å². The molecule has 12 heteroatoms. The lowest BCUT2D eigenvalue weighted by Crippen LogP contribution is -2.63. The Morgan fingerprint density at radius 3 is 2.17 bits per heavy atom. The molecule has 1 aromatic rings. The molecule has 2 rings (SSSR count). The van der Waals surface area contributed by atoms with Crippen LogP contribution >= 0.6 is 0 Å². The Labute approximate surface area is 207 Å². The Morgan fingerprint density at radius 2 is 1.54 bits per heavy atom. The van der Waals surface area contributed by atoms with Crippen molar-refractivity contribution >= 4 is 35.5 Å². The van der Waals surface area contributed by atoms with Crippen molar-refractivity contribution in [3.8, 4) is 5.75 Å². The highest BCUT2D eigenvalue weighted by atomic mass is 16.7. The Bertz CT molecular complexity index is 1060. The standard InChI is InChI=1S/C23H27NO11/c1-6-19(29)24-16-9-7-8-10-17(16)34-23-22(33-15(5)28)21(32-14(4)27)20(31-13(3)26)18(35-23)11-30-12(2)25/h6-10,18,20-23H,1,11H2,2-5H3,(H,24,29)/t18-,20-,21+,22+,23?/m1/s1/i2D,3D,4D,5D. The van der Waals surface area contributed by atoms with Gasteiger partial charge in [-0.1, -0.05) is 18.7 Å². The number of hydrogen-bond donors (Lipinski definition) is 1. The van der Waals surface area contributed by atoms with Gasteiger partial charge in [-0.25, -0.2) is 0 Å². The fourth-order valence-corrected chi connectivity index (χ4v) is 3.12. The van der Waals surface area contributed by atoms with Crippen molar-refractivity contribution in [3.63, 3.8) is 0 Å². The number of carbonyl (C=O) groups excluding carboxylic acids is 5. The maximum absolute atomic E-state index is 12.2. The summed E-state index contributed by atoms with van der Waals surface area (Å²) < 4.78 is 61.5. The lowest BCUT2D eigenvalue weighted by atomic mass is 9.98. The minimum atomic E-state index is -1.71. The van der Waals surface area contributed by atoms with Gasteiger partial charge in [-0.15, -0.1) is 0 Å². The molecule has 0 spiro atoms. The van der Waals surface area contributed by atoms with Crippen LogP contribution in [0, 0.1) is 0 Å². The second kappa shape index (κ2) is 12.5. The zero-order valence-electron chi connectivity index (χ0n) is 22.5. The average Bonchev–Trinajstić information content (AvgIpc) is 2.94. The van der Waals surface area contributed by atoms with E-state index in [0.717, 1.165) is 6.08 Å². The van der Waals surface area contributed by atoms with Crippen LogP contribution in [-0.2, 0) is 47.7 Å². The molecule has 35 heavy (non-hydrogen) atoms. The number of ether oxygens (including phenoxy) is 6. The molecule has 1 N–H and O–H groups in total. The summed E-state index contributed by atoms with van der Waals surface area (Å²) in [5.74, 6) is -4.91. The van der Waals surface area contributed by atoms with Gasteiger partial charge in [-0.3, -0.25) is 24.0 Å². The third-order valence-electron chi connectivity index (χ3n) is 4.38.